The number of carboxylic acids is 1. The molecular formula is C20H13N3O3. The summed E-state index contributed by atoms with van der Waals surface area (Å²) in [7, 11) is 0. The molecule has 4 aromatic rings. The molecule has 1 aliphatic rings. The van der Waals surface area contributed by atoms with Crippen molar-refractivity contribution in [3.05, 3.63) is 78.1 Å². The van der Waals surface area contributed by atoms with Crippen LogP contribution in [-0.2, 0) is 11.3 Å². The molecule has 0 unspecified atom stereocenters. The Bertz CT molecular complexity index is 1210. The van der Waals surface area contributed by atoms with Crippen molar-refractivity contribution in [2.75, 3.05) is 0 Å². The van der Waals surface area contributed by atoms with Gasteiger partial charge in [0.15, 0.2) is 0 Å². The van der Waals surface area contributed by atoms with E-state index in [1.54, 1.807) is 29.4 Å². The quantitative estimate of drug-likeness (QED) is 0.562. The molecule has 1 N–H and O–H groups in total. The zero-order valence-electron chi connectivity index (χ0n) is 13.6. The van der Waals surface area contributed by atoms with Crippen LogP contribution in [0.5, 0.6) is 0 Å². The highest BCUT2D eigenvalue weighted by Gasteiger charge is 2.19. The second-order valence-corrected chi connectivity index (χ2v) is 6.11. The van der Waals surface area contributed by atoms with E-state index in [9.17, 15) is 9.90 Å². The number of aromatic nitrogens is 3. The average molecular weight is 343 g/mol. The van der Waals surface area contributed by atoms with Gasteiger partial charge < -0.3 is 9.84 Å². The summed E-state index contributed by atoms with van der Waals surface area (Å²) in [4.78, 5) is 15.5. The first-order valence-corrected chi connectivity index (χ1v) is 8.12. The van der Waals surface area contributed by atoms with Gasteiger partial charge in [-0.25, -0.2) is 14.5 Å². The predicted molar refractivity (Wildman–Crippen MR) is 96.6 cm³/mol. The fourth-order valence-electron chi connectivity index (χ4n) is 3.60. The molecule has 0 aliphatic carbocycles. The van der Waals surface area contributed by atoms with Gasteiger partial charge in [-0.3, -0.25) is 0 Å². The molecule has 0 amide bonds. The first kappa shape index (κ1) is 14.7. The van der Waals surface area contributed by atoms with E-state index < -0.39 is 5.97 Å². The van der Waals surface area contributed by atoms with E-state index in [4.69, 9.17) is 4.74 Å². The zero-order valence-corrected chi connectivity index (χ0v) is 13.6. The van der Waals surface area contributed by atoms with Crippen molar-refractivity contribution in [2.45, 2.75) is 6.61 Å². The lowest BCUT2D eigenvalue weighted by Gasteiger charge is -2.20. The Balaban J connectivity index is 1.80. The topological polar surface area (TPSA) is 77.2 Å². The first-order chi connectivity index (χ1) is 12.7. The zero-order chi connectivity index (χ0) is 17.7. The number of carboxylic acid groups (broad SMARTS) is 1. The molecule has 0 fully saturated rings. The number of carbonyl (C=O) groups is 1. The number of rotatable bonds is 2. The summed E-state index contributed by atoms with van der Waals surface area (Å²) in [6.45, 7) is 0.453. The molecule has 0 atom stereocenters. The van der Waals surface area contributed by atoms with Gasteiger partial charge in [0.1, 0.15) is 31.2 Å². The summed E-state index contributed by atoms with van der Waals surface area (Å²) in [6.07, 6.45) is 4.80. The minimum absolute atomic E-state index is 0.307. The van der Waals surface area contributed by atoms with Gasteiger partial charge in [0.25, 0.3) is 0 Å². The van der Waals surface area contributed by atoms with Crippen LogP contribution < -0.4 is 0 Å². The number of hydrogen-bond donors (Lipinski definition) is 1. The third kappa shape index (κ3) is 2.02. The molecule has 0 saturated heterocycles. The van der Waals surface area contributed by atoms with Crippen LogP contribution in [0.3, 0.4) is 0 Å². The lowest BCUT2D eigenvalue weighted by Crippen LogP contribution is -2.09. The normalized spacial score (nSPS) is 13.3. The van der Waals surface area contributed by atoms with Gasteiger partial charge in [-0.2, -0.15) is 5.10 Å². The molecule has 6 nitrogen and oxygen atoms in total. The van der Waals surface area contributed by atoms with Crippen LogP contribution in [0.1, 0.15) is 21.5 Å². The van der Waals surface area contributed by atoms with Gasteiger partial charge in [0.2, 0.25) is 0 Å². The van der Waals surface area contributed by atoms with Crippen molar-refractivity contribution in [3.8, 4) is 0 Å². The number of ether oxygens (including phenoxy) is 1. The van der Waals surface area contributed by atoms with Crippen LogP contribution >= 0.6 is 0 Å². The van der Waals surface area contributed by atoms with Gasteiger partial charge in [-0.05, 0) is 27.6 Å². The lowest BCUT2D eigenvalue weighted by molar-refractivity contribution is 0.0699. The van der Waals surface area contributed by atoms with E-state index in [0.29, 0.717) is 12.2 Å². The van der Waals surface area contributed by atoms with Crippen LogP contribution in [0, 0.1) is 0 Å². The predicted octanol–water partition coefficient (Wildman–Crippen LogP) is 3.66. The maximum absolute atomic E-state index is 11.5. The molecule has 26 heavy (non-hydrogen) atoms. The minimum atomic E-state index is -0.923. The van der Waals surface area contributed by atoms with Crippen LogP contribution in [0.25, 0.3) is 27.2 Å². The molecule has 0 bridgehead atoms. The summed E-state index contributed by atoms with van der Waals surface area (Å²) in [5.74, 6) is -0.923. The third-order valence-electron chi connectivity index (χ3n) is 4.76. The molecule has 0 spiro atoms. The Kier molecular flexibility index (Phi) is 3.05. The Morgan fingerprint density at radius 1 is 1.04 bits per heavy atom. The Morgan fingerprint density at radius 3 is 2.65 bits per heavy atom. The van der Waals surface area contributed by atoms with E-state index in [0.717, 1.165) is 38.4 Å². The van der Waals surface area contributed by atoms with E-state index in [2.05, 4.69) is 10.1 Å². The minimum Gasteiger partial charge on any atom is -0.494 e. The third-order valence-corrected chi connectivity index (χ3v) is 4.76. The highest BCUT2D eigenvalue weighted by Crippen LogP contribution is 2.35. The molecule has 1 aromatic heterocycles. The van der Waals surface area contributed by atoms with Crippen molar-refractivity contribution in [2.24, 2.45) is 0 Å². The summed E-state index contributed by atoms with van der Waals surface area (Å²) in [6, 6.07) is 13.3. The lowest BCUT2D eigenvalue weighted by atomic mass is 9.92. The number of benzene rings is 3. The smallest absolute Gasteiger partial charge is 0.336 e. The molecule has 1 aliphatic heterocycles. The number of fused-ring (bicyclic) bond motifs is 5. The van der Waals surface area contributed by atoms with Gasteiger partial charge in [-0.15, -0.1) is 0 Å². The van der Waals surface area contributed by atoms with Crippen molar-refractivity contribution < 1.29 is 14.6 Å². The second-order valence-electron chi connectivity index (χ2n) is 6.11. The summed E-state index contributed by atoms with van der Waals surface area (Å²) >= 11 is 0. The molecule has 126 valence electrons. The molecule has 0 radical (unpaired) electrons. The van der Waals surface area contributed by atoms with Crippen molar-refractivity contribution in [3.63, 3.8) is 0 Å². The average Bonchev–Trinajstić information content (AvgIpc) is 3.20. The second kappa shape index (κ2) is 5.42. The molecular weight excluding hydrogens is 330 g/mol. The van der Waals surface area contributed by atoms with Crippen molar-refractivity contribution >= 4 is 33.2 Å². The maximum atomic E-state index is 11.5. The van der Waals surface area contributed by atoms with Crippen molar-refractivity contribution in [1.82, 2.24) is 14.8 Å². The Labute approximate surface area is 148 Å². The monoisotopic (exact) mass is 343 g/mol. The van der Waals surface area contributed by atoms with E-state index in [-0.39, 0.29) is 0 Å². The molecule has 3 aromatic carbocycles. The number of aromatic carboxylic acids is 1. The Morgan fingerprint density at radius 2 is 1.85 bits per heavy atom. The standard InChI is InChI=1S/C20H13N3O3/c24-20(25)17-3-1-2-12-13-6-7-16-18(15(13)5-4-14(12)17)8-26-9-19(16)23-11-21-10-22-23/h1-7,9-11H,8H2,(H,24,25). The van der Waals surface area contributed by atoms with Crippen LogP contribution in [0.4, 0.5) is 0 Å². The van der Waals surface area contributed by atoms with E-state index in [1.165, 1.54) is 6.33 Å². The maximum Gasteiger partial charge on any atom is 0.336 e. The highest BCUT2D eigenvalue weighted by molar-refractivity contribution is 6.14. The highest BCUT2D eigenvalue weighted by atomic mass is 16.5. The largest absolute Gasteiger partial charge is 0.494 e. The van der Waals surface area contributed by atoms with Gasteiger partial charge in [0, 0.05) is 11.1 Å². The first-order valence-electron chi connectivity index (χ1n) is 8.12. The molecule has 0 saturated carbocycles. The summed E-state index contributed by atoms with van der Waals surface area (Å²) in [5, 5.41) is 17.3. The van der Waals surface area contributed by atoms with E-state index >= 15 is 0 Å². The fraction of sp³-hybridized carbons (Fsp3) is 0.0500. The Hall–Kier alpha value is -3.67. The summed E-state index contributed by atoms with van der Waals surface area (Å²) in [5.41, 5.74) is 3.22. The molecule has 2 heterocycles. The van der Waals surface area contributed by atoms with Crippen molar-refractivity contribution in [1.29, 1.82) is 0 Å². The van der Waals surface area contributed by atoms with E-state index in [1.807, 2.05) is 30.3 Å². The summed E-state index contributed by atoms with van der Waals surface area (Å²) < 4.78 is 7.34. The van der Waals surface area contributed by atoms with Gasteiger partial charge in [0.05, 0.1) is 5.56 Å². The SMILES string of the molecule is O=C(O)c1cccc2c1ccc1c3c(ccc12)C(n1cncn1)=COC3. The van der Waals surface area contributed by atoms with Gasteiger partial charge >= 0.3 is 5.97 Å². The van der Waals surface area contributed by atoms with Crippen LogP contribution in [0.2, 0.25) is 0 Å². The number of nitrogens with zero attached hydrogens (tertiary/aromatic N) is 3. The fourth-order valence-corrected chi connectivity index (χ4v) is 3.60. The van der Waals surface area contributed by atoms with Crippen LogP contribution in [-0.4, -0.2) is 25.8 Å². The molecule has 6 heteroatoms. The molecule has 5 rings (SSSR count). The van der Waals surface area contributed by atoms with Gasteiger partial charge in [-0.1, -0.05) is 36.4 Å². The van der Waals surface area contributed by atoms with Crippen LogP contribution in [0.15, 0.2) is 61.4 Å². The number of hydrogen-bond acceptors (Lipinski definition) is 4.